The summed E-state index contributed by atoms with van der Waals surface area (Å²) in [5.74, 6) is 0.651. The van der Waals surface area contributed by atoms with Gasteiger partial charge in [0.1, 0.15) is 0 Å². The van der Waals surface area contributed by atoms with Crippen molar-refractivity contribution in [3.63, 3.8) is 0 Å². The Bertz CT molecular complexity index is 818. The van der Waals surface area contributed by atoms with Crippen LogP contribution in [0.2, 0.25) is 0 Å². The lowest BCUT2D eigenvalue weighted by molar-refractivity contribution is 0.600. The highest BCUT2D eigenvalue weighted by Gasteiger charge is 2.21. The predicted molar refractivity (Wildman–Crippen MR) is 94.9 cm³/mol. The highest BCUT2D eigenvalue weighted by atomic mass is 32.2. The van der Waals surface area contributed by atoms with E-state index in [1.807, 2.05) is 32.9 Å². The molecule has 0 unspecified atom stereocenters. The maximum Gasteiger partial charge on any atom is 0.262 e. The molecular formula is C17H22N4O2S. The molecule has 0 atom stereocenters. The lowest BCUT2D eigenvalue weighted by Gasteiger charge is -2.16. The summed E-state index contributed by atoms with van der Waals surface area (Å²) in [6.07, 6.45) is 5.33. The van der Waals surface area contributed by atoms with Gasteiger partial charge in [-0.2, -0.15) is 0 Å². The summed E-state index contributed by atoms with van der Waals surface area (Å²) in [6, 6.07) is 3.74. The number of sulfonamides is 1. The highest BCUT2D eigenvalue weighted by molar-refractivity contribution is 7.92. The maximum absolute atomic E-state index is 12.7. The molecule has 1 aromatic heterocycles. The first-order valence-electron chi connectivity index (χ1n) is 8.04. The molecule has 128 valence electrons. The third-order valence-corrected chi connectivity index (χ3v) is 5.84. The molecule has 1 N–H and O–H groups in total. The van der Waals surface area contributed by atoms with Gasteiger partial charge in [0.15, 0.2) is 0 Å². The Morgan fingerprint density at radius 3 is 2.08 bits per heavy atom. The Morgan fingerprint density at radius 2 is 1.54 bits per heavy atom. The normalized spacial score (nSPS) is 14.9. The summed E-state index contributed by atoms with van der Waals surface area (Å²) in [5, 5.41) is 0. The first kappa shape index (κ1) is 16.7. The summed E-state index contributed by atoms with van der Waals surface area (Å²) in [4.78, 5) is 11.0. The predicted octanol–water partition coefficient (Wildman–Crippen LogP) is 2.80. The fraction of sp³-hybridized carbons (Fsp3) is 0.412. The quantitative estimate of drug-likeness (QED) is 0.921. The average Bonchev–Trinajstić information content (AvgIpc) is 3.00. The Balaban J connectivity index is 1.84. The number of rotatable bonds is 4. The molecule has 0 amide bonds. The maximum atomic E-state index is 12.7. The minimum absolute atomic E-state index is 0.316. The minimum atomic E-state index is -3.67. The van der Waals surface area contributed by atoms with Crippen molar-refractivity contribution in [3.05, 3.63) is 41.2 Å². The number of aromatic nitrogens is 2. The van der Waals surface area contributed by atoms with Gasteiger partial charge in [0.2, 0.25) is 5.95 Å². The van der Waals surface area contributed by atoms with Gasteiger partial charge in [-0.05, 0) is 44.7 Å². The van der Waals surface area contributed by atoms with E-state index in [-0.39, 0.29) is 0 Å². The van der Waals surface area contributed by atoms with Crippen LogP contribution < -0.4 is 9.62 Å². The molecule has 0 aliphatic carbocycles. The molecule has 1 saturated heterocycles. The Labute approximate surface area is 143 Å². The van der Waals surface area contributed by atoms with Crippen molar-refractivity contribution >= 4 is 21.7 Å². The molecule has 2 heterocycles. The van der Waals surface area contributed by atoms with Crippen molar-refractivity contribution in [3.8, 4) is 0 Å². The van der Waals surface area contributed by atoms with Crippen molar-refractivity contribution in [1.29, 1.82) is 0 Å². The van der Waals surface area contributed by atoms with Crippen molar-refractivity contribution in [2.24, 2.45) is 0 Å². The number of hydrogen-bond acceptors (Lipinski definition) is 5. The van der Waals surface area contributed by atoms with Crippen LogP contribution in [-0.2, 0) is 10.0 Å². The molecule has 0 saturated carbocycles. The molecule has 6 nitrogen and oxygen atoms in total. The van der Waals surface area contributed by atoms with Gasteiger partial charge in [-0.25, -0.2) is 18.4 Å². The van der Waals surface area contributed by atoms with Gasteiger partial charge in [0.05, 0.1) is 23.0 Å². The van der Waals surface area contributed by atoms with Crippen molar-refractivity contribution in [2.45, 2.75) is 38.5 Å². The second kappa shape index (κ2) is 6.39. The third kappa shape index (κ3) is 3.36. The monoisotopic (exact) mass is 346 g/mol. The van der Waals surface area contributed by atoms with Crippen molar-refractivity contribution < 1.29 is 8.42 Å². The molecule has 0 bridgehead atoms. The molecule has 7 heteroatoms. The summed E-state index contributed by atoms with van der Waals surface area (Å²) < 4.78 is 28.0. The number of benzene rings is 1. The molecule has 1 aliphatic heterocycles. The second-order valence-electron chi connectivity index (χ2n) is 6.30. The van der Waals surface area contributed by atoms with Gasteiger partial charge >= 0.3 is 0 Å². The van der Waals surface area contributed by atoms with Crippen LogP contribution in [0, 0.1) is 20.8 Å². The molecule has 2 aromatic rings. The van der Waals surface area contributed by atoms with Gasteiger partial charge in [0.25, 0.3) is 10.0 Å². The third-order valence-electron chi connectivity index (χ3n) is 4.15. The summed E-state index contributed by atoms with van der Waals surface area (Å²) in [7, 11) is -3.67. The average molecular weight is 346 g/mol. The first-order chi connectivity index (χ1) is 11.4. The van der Waals surface area contributed by atoms with Crippen LogP contribution in [-0.4, -0.2) is 31.5 Å². The smallest absolute Gasteiger partial charge is 0.262 e. The van der Waals surface area contributed by atoms with Gasteiger partial charge < -0.3 is 4.90 Å². The van der Waals surface area contributed by atoms with Crippen molar-refractivity contribution in [2.75, 3.05) is 22.7 Å². The minimum Gasteiger partial charge on any atom is -0.341 e. The van der Waals surface area contributed by atoms with Crippen LogP contribution in [0.3, 0.4) is 0 Å². The van der Waals surface area contributed by atoms with Gasteiger partial charge in [-0.15, -0.1) is 0 Å². The van der Waals surface area contributed by atoms with Crippen LogP contribution in [0.1, 0.15) is 29.5 Å². The lowest BCUT2D eigenvalue weighted by atomic mass is 10.1. The topological polar surface area (TPSA) is 75.2 Å². The van der Waals surface area contributed by atoms with Gasteiger partial charge in [0, 0.05) is 13.1 Å². The molecule has 0 radical (unpaired) electrons. The highest BCUT2D eigenvalue weighted by Crippen LogP contribution is 2.24. The second-order valence-corrected chi connectivity index (χ2v) is 7.92. The molecule has 3 rings (SSSR count). The zero-order valence-electron chi connectivity index (χ0n) is 14.2. The number of aryl methyl sites for hydroxylation is 3. The number of anilines is 2. The van der Waals surface area contributed by atoms with Crippen LogP contribution in [0.5, 0.6) is 0 Å². The van der Waals surface area contributed by atoms with Crippen LogP contribution >= 0.6 is 0 Å². The Kier molecular flexibility index (Phi) is 4.45. The zero-order valence-corrected chi connectivity index (χ0v) is 15.0. The van der Waals surface area contributed by atoms with E-state index in [0.29, 0.717) is 16.5 Å². The zero-order chi connectivity index (χ0) is 17.3. The number of nitrogens with one attached hydrogen (secondary N) is 1. The fourth-order valence-electron chi connectivity index (χ4n) is 3.25. The molecule has 0 spiro atoms. The largest absolute Gasteiger partial charge is 0.341 e. The lowest BCUT2D eigenvalue weighted by Crippen LogP contribution is -2.21. The van der Waals surface area contributed by atoms with Crippen molar-refractivity contribution in [1.82, 2.24) is 9.97 Å². The molecule has 1 fully saturated rings. The molecule has 1 aromatic carbocycles. The van der Waals surface area contributed by atoms with E-state index in [1.165, 1.54) is 12.4 Å². The van der Waals surface area contributed by atoms with Crippen LogP contribution in [0.15, 0.2) is 29.4 Å². The Hall–Kier alpha value is -2.15. The molecular weight excluding hydrogens is 324 g/mol. The van der Waals surface area contributed by atoms with E-state index in [4.69, 9.17) is 0 Å². The fourth-order valence-corrected chi connectivity index (χ4v) is 4.73. The number of nitrogens with zero attached hydrogens (tertiary/aromatic N) is 3. The van der Waals surface area contributed by atoms with Crippen LogP contribution in [0.25, 0.3) is 0 Å². The van der Waals surface area contributed by atoms with E-state index >= 15 is 0 Å². The molecule has 24 heavy (non-hydrogen) atoms. The van der Waals surface area contributed by atoms with Crippen LogP contribution in [0.4, 0.5) is 11.6 Å². The summed E-state index contributed by atoms with van der Waals surface area (Å²) in [5.41, 5.74) is 2.88. The number of hydrogen-bond donors (Lipinski definition) is 1. The summed E-state index contributed by atoms with van der Waals surface area (Å²) in [6.45, 7) is 7.47. The first-order valence-corrected chi connectivity index (χ1v) is 9.53. The van der Waals surface area contributed by atoms with E-state index in [1.54, 1.807) is 0 Å². The summed E-state index contributed by atoms with van der Waals surface area (Å²) >= 11 is 0. The SMILES string of the molecule is Cc1cc(C)c(S(=O)(=O)Nc2cnc(N3CCCC3)nc2)c(C)c1. The standard InChI is InChI=1S/C17H22N4O2S/c1-12-8-13(2)16(14(3)9-12)24(22,23)20-15-10-18-17(19-11-15)21-6-4-5-7-21/h8-11,20H,4-7H2,1-3H3. The Morgan fingerprint density at radius 1 is 1.00 bits per heavy atom. The van der Waals surface area contributed by atoms with E-state index in [0.717, 1.165) is 42.6 Å². The van der Waals surface area contributed by atoms with Gasteiger partial charge in [-0.1, -0.05) is 17.7 Å². The van der Waals surface area contributed by atoms with Gasteiger partial charge in [-0.3, -0.25) is 4.72 Å². The molecule has 1 aliphatic rings. The van der Waals surface area contributed by atoms with E-state index in [9.17, 15) is 8.42 Å². The van der Waals surface area contributed by atoms with E-state index in [2.05, 4.69) is 19.6 Å². The van der Waals surface area contributed by atoms with E-state index < -0.39 is 10.0 Å².